The Hall–Kier alpha value is -2.30. The number of nitrogens with one attached hydrogen (secondary N) is 1. The highest BCUT2D eigenvalue weighted by molar-refractivity contribution is 5.89. The van der Waals surface area contributed by atoms with Crippen molar-refractivity contribution in [1.29, 1.82) is 0 Å². The van der Waals surface area contributed by atoms with Crippen LogP contribution in [0.4, 0.5) is 10.5 Å². The van der Waals surface area contributed by atoms with Crippen LogP contribution in [0.3, 0.4) is 0 Å². The molecule has 1 amide bonds. The van der Waals surface area contributed by atoms with Gasteiger partial charge in [-0.2, -0.15) is 0 Å². The molecule has 1 heterocycles. The lowest BCUT2D eigenvalue weighted by molar-refractivity contribution is -0.106. The predicted molar refractivity (Wildman–Crippen MR) is 75.8 cm³/mol. The predicted octanol–water partition coefficient (Wildman–Crippen LogP) is 3.01. The molecule has 0 saturated carbocycles. The highest BCUT2D eigenvalue weighted by Gasteiger charge is 2.30. The molecule has 0 aliphatic carbocycles. The van der Waals surface area contributed by atoms with E-state index in [0.717, 1.165) is 11.8 Å². The van der Waals surface area contributed by atoms with Crippen molar-refractivity contribution < 1.29 is 19.1 Å². The number of amides is 1. The van der Waals surface area contributed by atoms with E-state index in [0.29, 0.717) is 23.6 Å². The van der Waals surface area contributed by atoms with Crippen molar-refractivity contribution in [2.75, 3.05) is 11.9 Å². The first-order chi connectivity index (χ1) is 9.46. The molecule has 0 saturated heterocycles. The fourth-order valence-corrected chi connectivity index (χ4v) is 1.96. The Kier molecular flexibility index (Phi) is 3.79. The van der Waals surface area contributed by atoms with E-state index in [1.807, 2.05) is 13.8 Å². The Bertz CT molecular complexity index is 575. The Morgan fingerprint density at radius 2 is 2.20 bits per heavy atom. The SMILES string of the molecule is CCOC(=O)Nc1ccc2c(c1)OC(C)(C)C(C=O)=C2. The Morgan fingerprint density at radius 3 is 2.85 bits per heavy atom. The quantitative estimate of drug-likeness (QED) is 0.861. The number of rotatable bonds is 3. The van der Waals surface area contributed by atoms with Crippen LogP contribution in [-0.2, 0) is 9.53 Å². The molecule has 1 N–H and O–H groups in total. The number of carbonyl (C=O) groups is 2. The summed E-state index contributed by atoms with van der Waals surface area (Å²) in [5, 5.41) is 2.61. The van der Waals surface area contributed by atoms with Crippen molar-refractivity contribution in [2.45, 2.75) is 26.4 Å². The lowest BCUT2D eigenvalue weighted by atomic mass is 9.93. The van der Waals surface area contributed by atoms with Crippen molar-refractivity contribution in [3.05, 3.63) is 29.3 Å². The third-order valence-corrected chi connectivity index (χ3v) is 3.03. The Labute approximate surface area is 117 Å². The van der Waals surface area contributed by atoms with E-state index in [4.69, 9.17) is 9.47 Å². The zero-order valence-electron chi connectivity index (χ0n) is 11.7. The van der Waals surface area contributed by atoms with Gasteiger partial charge in [0, 0.05) is 22.9 Å². The molecule has 0 fully saturated rings. The molecule has 20 heavy (non-hydrogen) atoms. The fraction of sp³-hybridized carbons (Fsp3) is 0.333. The first kappa shape index (κ1) is 14.1. The molecule has 1 aliphatic heterocycles. The van der Waals surface area contributed by atoms with Gasteiger partial charge < -0.3 is 9.47 Å². The lowest BCUT2D eigenvalue weighted by Crippen LogP contribution is -2.33. The number of aldehydes is 1. The monoisotopic (exact) mass is 275 g/mol. The molecule has 106 valence electrons. The van der Waals surface area contributed by atoms with E-state index in [2.05, 4.69) is 5.32 Å². The summed E-state index contributed by atoms with van der Waals surface area (Å²) in [5.41, 5.74) is 1.29. The molecule has 0 unspecified atom stereocenters. The van der Waals surface area contributed by atoms with Crippen LogP contribution in [0.15, 0.2) is 23.8 Å². The van der Waals surface area contributed by atoms with Crippen molar-refractivity contribution >= 4 is 24.1 Å². The van der Waals surface area contributed by atoms with Crippen LogP contribution < -0.4 is 10.1 Å². The van der Waals surface area contributed by atoms with Crippen LogP contribution in [0.2, 0.25) is 0 Å². The minimum atomic E-state index is -0.683. The van der Waals surface area contributed by atoms with Gasteiger partial charge in [-0.1, -0.05) is 0 Å². The van der Waals surface area contributed by atoms with Crippen LogP contribution in [0, 0.1) is 0 Å². The molecule has 0 atom stereocenters. The van der Waals surface area contributed by atoms with E-state index in [1.165, 1.54) is 0 Å². The number of ether oxygens (including phenoxy) is 2. The Morgan fingerprint density at radius 1 is 1.45 bits per heavy atom. The minimum absolute atomic E-state index is 0.311. The number of benzene rings is 1. The van der Waals surface area contributed by atoms with Gasteiger partial charge >= 0.3 is 6.09 Å². The third kappa shape index (κ3) is 2.82. The highest BCUT2D eigenvalue weighted by Crippen LogP contribution is 2.36. The zero-order chi connectivity index (χ0) is 14.8. The second-order valence-electron chi connectivity index (χ2n) is 4.93. The Balaban J connectivity index is 2.28. The number of carbonyl (C=O) groups excluding carboxylic acids is 2. The van der Waals surface area contributed by atoms with Crippen molar-refractivity contribution in [3.8, 4) is 5.75 Å². The topological polar surface area (TPSA) is 64.6 Å². The summed E-state index contributed by atoms with van der Waals surface area (Å²) in [4.78, 5) is 22.4. The molecule has 0 aromatic heterocycles. The first-order valence-corrected chi connectivity index (χ1v) is 6.40. The summed E-state index contributed by atoms with van der Waals surface area (Å²) < 4.78 is 10.6. The van der Waals surface area contributed by atoms with Gasteiger partial charge in [0.25, 0.3) is 0 Å². The van der Waals surface area contributed by atoms with Crippen LogP contribution in [0.1, 0.15) is 26.3 Å². The maximum atomic E-state index is 11.4. The van der Waals surface area contributed by atoms with E-state index < -0.39 is 11.7 Å². The normalized spacial score (nSPS) is 15.4. The van der Waals surface area contributed by atoms with Crippen LogP contribution >= 0.6 is 0 Å². The number of hydrogen-bond acceptors (Lipinski definition) is 4. The highest BCUT2D eigenvalue weighted by atomic mass is 16.5. The van der Waals surface area contributed by atoms with E-state index in [-0.39, 0.29) is 0 Å². The minimum Gasteiger partial charge on any atom is -0.482 e. The number of hydrogen-bond donors (Lipinski definition) is 1. The molecule has 0 radical (unpaired) electrons. The summed E-state index contributed by atoms with van der Waals surface area (Å²) in [6.45, 7) is 5.69. The molecular weight excluding hydrogens is 258 g/mol. The van der Waals surface area contributed by atoms with Gasteiger partial charge in [0.05, 0.1) is 6.61 Å². The lowest BCUT2D eigenvalue weighted by Gasteiger charge is -2.31. The largest absolute Gasteiger partial charge is 0.482 e. The van der Waals surface area contributed by atoms with Crippen molar-refractivity contribution in [3.63, 3.8) is 0 Å². The van der Waals surface area contributed by atoms with Crippen molar-refractivity contribution in [1.82, 2.24) is 0 Å². The summed E-state index contributed by atoms with van der Waals surface area (Å²) in [5.74, 6) is 0.620. The molecule has 1 aromatic carbocycles. The van der Waals surface area contributed by atoms with Crippen LogP contribution in [0.5, 0.6) is 5.75 Å². The number of anilines is 1. The van der Waals surface area contributed by atoms with Gasteiger partial charge in [-0.25, -0.2) is 4.79 Å². The summed E-state index contributed by atoms with van der Waals surface area (Å²) in [6.07, 6.45) is 2.08. The average Bonchev–Trinajstić information content (AvgIpc) is 2.37. The molecule has 5 nitrogen and oxygen atoms in total. The van der Waals surface area contributed by atoms with Gasteiger partial charge in [0.2, 0.25) is 0 Å². The smallest absolute Gasteiger partial charge is 0.411 e. The average molecular weight is 275 g/mol. The van der Waals surface area contributed by atoms with Crippen molar-refractivity contribution in [2.24, 2.45) is 0 Å². The first-order valence-electron chi connectivity index (χ1n) is 6.40. The van der Waals surface area contributed by atoms with Gasteiger partial charge in [0.15, 0.2) is 0 Å². The van der Waals surface area contributed by atoms with E-state index in [1.54, 1.807) is 31.2 Å². The molecular formula is C15H17NO4. The zero-order valence-corrected chi connectivity index (χ0v) is 11.7. The summed E-state index contributed by atoms with van der Waals surface area (Å²) >= 11 is 0. The van der Waals surface area contributed by atoms with Gasteiger partial charge in [-0.05, 0) is 39.0 Å². The standard InChI is InChI=1S/C15H17NO4/c1-4-19-14(18)16-12-6-5-10-7-11(9-17)15(2,3)20-13(10)8-12/h5-9H,4H2,1-3H3,(H,16,18). The van der Waals surface area contributed by atoms with E-state index in [9.17, 15) is 9.59 Å². The summed E-state index contributed by atoms with van der Waals surface area (Å²) in [6, 6.07) is 5.23. The van der Waals surface area contributed by atoms with Gasteiger partial charge in [-0.15, -0.1) is 0 Å². The fourth-order valence-electron chi connectivity index (χ4n) is 1.96. The van der Waals surface area contributed by atoms with E-state index >= 15 is 0 Å². The molecule has 1 aromatic rings. The van der Waals surface area contributed by atoms with Crippen LogP contribution in [-0.4, -0.2) is 24.6 Å². The maximum Gasteiger partial charge on any atom is 0.411 e. The van der Waals surface area contributed by atoms with Gasteiger partial charge in [0.1, 0.15) is 17.6 Å². The third-order valence-electron chi connectivity index (χ3n) is 3.03. The van der Waals surface area contributed by atoms with Crippen LogP contribution in [0.25, 0.3) is 6.08 Å². The molecule has 0 spiro atoms. The maximum absolute atomic E-state index is 11.4. The molecule has 1 aliphatic rings. The molecule has 2 rings (SSSR count). The van der Waals surface area contributed by atoms with Gasteiger partial charge in [-0.3, -0.25) is 10.1 Å². The second-order valence-corrected chi connectivity index (χ2v) is 4.93. The molecule has 0 bridgehead atoms. The molecule has 5 heteroatoms. The number of fused-ring (bicyclic) bond motifs is 1. The second kappa shape index (κ2) is 5.36. The summed E-state index contributed by atoms with van der Waals surface area (Å²) in [7, 11) is 0.